The van der Waals surface area contributed by atoms with Crippen molar-refractivity contribution >= 4 is 14.9 Å². The van der Waals surface area contributed by atoms with Gasteiger partial charge in [-0.2, -0.15) is 0 Å². The van der Waals surface area contributed by atoms with Gasteiger partial charge in [0.05, 0.1) is 6.29 Å². The summed E-state index contributed by atoms with van der Waals surface area (Å²) < 4.78 is 0. The largest absolute Gasteiger partial charge is 1.00 e. The monoisotopic (exact) mass is 236 g/mol. The van der Waals surface area contributed by atoms with Crippen LogP contribution in [0.2, 0.25) is 0 Å². The molecule has 0 saturated heterocycles. The van der Waals surface area contributed by atoms with Crippen molar-refractivity contribution < 1.29 is 38.3 Å². The Morgan fingerprint density at radius 1 is 1.06 bits per heavy atom. The SMILES string of the molecule is Cc1cc(C)c([C-]=O)c(C)c1.OP(O)O.[Li+]. The molecule has 3 N–H and O–H groups in total. The Kier molecular flexibility index (Phi) is 10.1. The molecular weight excluding hydrogens is 222 g/mol. The molecule has 1 aromatic rings. The number of carbonyl (C=O) groups excluding carboxylic acids is 1. The second kappa shape index (κ2) is 8.89. The Balaban J connectivity index is 0. The van der Waals surface area contributed by atoms with Crippen molar-refractivity contribution in [3.05, 3.63) is 34.4 Å². The Hall–Kier alpha value is -0.203. The van der Waals surface area contributed by atoms with Crippen LogP contribution in [0, 0.1) is 20.8 Å². The average Bonchev–Trinajstić information content (AvgIpc) is 2.01. The molecule has 0 amide bonds. The summed E-state index contributed by atoms with van der Waals surface area (Å²) in [6.45, 7) is 5.88. The molecule has 0 aliphatic rings. The van der Waals surface area contributed by atoms with E-state index in [0.717, 1.165) is 11.1 Å². The molecule has 0 atom stereocenters. The van der Waals surface area contributed by atoms with Crippen molar-refractivity contribution in [3.63, 3.8) is 0 Å². The van der Waals surface area contributed by atoms with E-state index in [1.807, 2.05) is 39.2 Å². The van der Waals surface area contributed by atoms with Crippen LogP contribution in [0.25, 0.3) is 0 Å². The molecule has 0 unspecified atom stereocenters. The van der Waals surface area contributed by atoms with Crippen LogP contribution >= 0.6 is 8.60 Å². The first-order chi connectivity index (χ1) is 6.88. The zero-order valence-corrected chi connectivity index (χ0v) is 10.7. The fourth-order valence-electron chi connectivity index (χ4n) is 1.34. The predicted octanol–water partition coefficient (Wildman–Crippen LogP) is -1.74. The molecule has 1 aromatic carbocycles. The molecule has 0 saturated carbocycles. The van der Waals surface area contributed by atoms with Crippen molar-refractivity contribution in [2.24, 2.45) is 0 Å². The van der Waals surface area contributed by atoms with Gasteiger partial charge in [0.25, 0.3) is 0 Å². The zero-order valence-electron chi connectivity index (χ0n) is 9.85. The van der Waals surface area contributed by atoms with E-state index >= 15 is 0 Å². The first kappa shape index (κ1) is 18.2. The Morgan fingerprint density at radius 2 is 1.38 bits per heavy atom. The second-order valence-corrected chi connectivity index (χ2v) is 3.68. The molecular formula is C10H14LiO4P. The number of benzene rings is 1. The summed E-state index contributed by atoms with van der Waals surface area (Å²) in [7, 11) is -2.62. The summed E-state index contributed by atoms with van der Waals surface area (Å²) in [6, 6.07) is 3.99. The van der Waals surface area contributed by atoms with Crippen LogP contribution in [0.1, 0.15) is 22.3 Å². The third-order valence-corrected chi connectivity index (χ3v) is 1.78. The van der Waals surface area contributed by atoms with Gasteiger partial charge >= 0.3 is 27.5 Å². The maximum absolute atomic E-state index is 10.4. The third kappa shape index (κ3) is 7.13. The Morgan fingerprint density at radius 3 is 1.62 bits per heavy atom. The molecule has 1 rings (SSSR count). The van der Waals surface area contributed by atoms with Crippen LogP contribution in [-0.4, -0.2) is 21.0 Å². The molecule has 4 nitrogen and oxygen atoms in total. The second-order valence-electron chi connectivity index (χ2n) is 3.14. The fraction of sp³-hybridized carbons (Fsp3) is 0.300. The molecule has 0 spiro atoms. The smallest absolute Gasteiger partial charge is 0.376 e. The molecule has 0 aliphatic carbocycles. The zero-order chi connectivity index (χ0) is 12.0. The van der Waals surface area contributed by atoms with Crippen LogP contribution in [0.4, 0.5) is 0 Å². The maximum Gasteiger partial charge on any atom is 1.00 e. The van der Waals surface area contributed by atoms with Gasteiger partial charge in [0.2, 0.25) is 0 Å². The number of aryl methyl sites for hydroxylation is 3. The van der Waals surface area contributed by atoms with Gasteiger partial charge in [0, 0.05) is 0 Å². The summed E-state index contributed by atoms with van der Waals surface area (Å²) in [6.07, 6.45) is 1.94. The van der Waals surface area contributed by atoms with E-state index in [0.29, 0.717) is 5.56 Å². The predicted molar refractivity (Wildman–Crippen MR) is 59.0 cm³/mol. The fourth-order valence-corrected chi connectivity index (χ4v) is 1.34. The van der Waals surface area contributed by atoms with Gasteiger partial charge in [0.15, 0.2) is 0 Å². The molecule has 0 aromatic heterocycles. The number of hydrogen-bond acceptors (Lipinski definition) is 4. The summed E-state index contributed by atoms with van der Waals surface area (Å²) in [5.74, 6) is 0. The molecule has 0 heterocycles. The molecule has 0 bridgehead atoms. The number of rotatable bonds is 1. The minimum absolute atomic E-state index is 0. The van der Waals surface area contributed by atoms with E-state index in [9.17, 15) is 4.79 Å². The van der Waals surface area contributed by atoms with E-state index < -0.39 is 8.60 Å². The molecule has 0 aliphatic heterocycles. The molecule has 0 radical (unpaired) electrons. The van der Waals surface area contributed by atoms with Crippen molar-refractivity contribution in [1.82, 2.24) is 0 Å². The first-order valence-corrected chi connectivity index (χ1v) is 5.41. The van der Waals surface area contributed by atoms with Gasteiger partial charge in [-0.1, -0.05) is 19.4 Å². The molecule has 84 valence electrons. The number of hydrogen-bond donors (Lipinski definition) is 3. The Labute approximate surface area is 108 Å². The third-order valence-electron chi connectivity index (χ3n) is 1.78. The Bertz CT molecular complexity index is 316. The van der Waals surface area contributed by atoms with Crippen molar-refractivity contribution in [2.75, 3.05) is 0 Å². The average molecular weight is 236 g/mol. The van der Waals surface area contributed by atoms with Crippen LogP contribution in [0.5, 0.6) is 0 Å². The molecule has 0 fully saturated rings. The van der Waals surface area contributed by atoms with Gasteiger partial charge < -0.3 is 19.5 Å². The van der Waals surface area contributed by atoms with Crippen molar-refractivity contribution in [1.29, 1.82) is 0 Å². The first-order valence-electron chi connectivity index (χ1n) is 4.21. The minimum atomic E-state index is -2.62. The van der Waals surface area contributed by atoms with E-state index in [4.69, 9.17) is 14.7 Å². The van der Waals surface area contributed by atoms with E-state index in [-0.39, 0.29) is 18.9 Å². The maximum atomic E-state index is 10.4. The van der Waals surface area contributed by atoms with Gasteiger partial charge in [0.1, 0.15) is 0 Å². The van der Waals surface area contributed by atoms with Gasteiger partial charge in [-0.15, -0.1) is 28.8 Å². The topological polar surface area (TPSA) is 77.8 Å². The van der Waals surface area contributed by atoms with Gasteiger partial charge in [-0.05, 0) is 6.92 Å². The standard InChI is InChI=1S/C10H11O.Li.H3O3P/c1-7-4-8(2)10(6-11)9(3)5-7;;1-4(2)3/h4-5H,1-3H3;;1-3H/q-1;+1;. The van der Waals surface area contributed by atoms with E-state index in [1.54, 1.807) is 0 Å². The van der Waals surface area contributed by atoms with Crippen molar-refractivity contribution in [2.45, 2.75) is 20.8 Å². The summed E-state index contributed by atoms with van der Waals surface area (Å²) in [5, 5.41) is 0. The van der Waals surface area contributed by atoms with Crippen LogP contribution in [-0.2, 0) is 4.79 Å². The van der Waals surface area contributed by atoms with Gasteiger partial charge in [-0.3, -0.25) is 0 Å². The van der Waals surface area contributed by atoms with Crippen molar-refractivity contribution in [3.8, 4) is 0 Å². The van der Waals surface area contributed by atoms with E-state index in [1.165, 1.54) is 5.56 Å². The molecule has 6 heteroatoms. The van der Waals surface area contributed by atoms with E-state index in [2.05, 4.69) is 0 Å². The van der Waals surface area contributed by atoms with Crippen LogP contribution in [0.3, 0.4) is 0 Å². The van der Waals surface area contributed by atoms with Gasteiger partial charge in [-0.25, -0.2) is 0 Å². The van der Waals surface area contributed by atoms with Crippen LogP contribution in [0.15, 0.2) is 12.1 Å². The normalized spacial score (nSPS) is 8.94. The minimum Gasteiger partial charge on any atom is -0.376 e. The van der Waals surface area contributed by atoms with Crippen LogP contribution < -0.4 is 18.9 Å². The quantitative estimate of drug-likeness (QED) is 0.307. The summed E-state index contributed by atoms with van der Waals surface area (Å²) in [4.78, 5) is 32.1. The summed E-state index contributed by atoms with van der Waals surface area (Å²) >= 11 is 0. The molecule has 16 heavy (non-hydrogen) atoms. The summed E-state index contributed by atoms with van der Waals surface area (Å²) in [5.41, 5.74) is 3.92.